The van der Waals surface area contributed by atoms with Gasteiger partial charge in [-0.15, -0.1) is 11.3 Å². The number of imidazole rings is 1. The summed E-state index contributed by atoms with van der Waals surface area (Å²) in [7, 11) is 1.68. The average Bonchev–Trinajstić information content (AvgIpc) is 3.23. The van der Waals surface area contributed by atoms with E-state index >= 15 is 0 Å². The Balaban J connectivity index is 1.92. The Morgan fingerprint density at radius 2 is 2.20 bits per heavy atom. The Kier molecular flexibility index (Phi) is 4.03. The van der Waals surface area contributed by atoms with E-state index in [4.69, 9.17) is 15.5 Å². The molecule has 0 bridgehead atoms. The Labute approximate surface area is 149 Å². The smallest absolute Gasteiger partial charge is 0.181 e. The molecule has 7 heteroatoms. The van der Waals surface area contributed by atoms with E-state index in [1.165, 1.54) is 0 Å². The Morgan fingerprint density at radius 3 is 3.00 bits per heavy atom. The fourth-order valence-electron chi connectivity index (χ4n) is 2.87. The number of ether oxygens (including phenoxy) is 1. The fraction of sp³-hybridized carbons (Fsp3) is 0.222. The van der Waals surface area contributed by atoms with Crippen LogP contribution in [0.15, 0.2) is 36.5 Å². The maximum atomic E-state index is 5.62. The van der Waals surface area contributed by atoms with Crippen molar-refractivity contribution in [1.82, 2.24) is 14.4 Å². The van der Waals surface area contributed by atoms with Crippen LogP contribution in [0.2, 0.25) is 0 Å². The Morgan fingerprint density at radius 1 is 1.32 bits per heavy atom. The molecule has 0 atom stereocenters. The highest BCUT2D eigenvalue weighted by Gasteiger charge is 2.15. The number of nitrogens with zero attached hydrogens (tertiary/aromatic N) is 3. The summed E-state index contributed by atoms with van der Waals surface area (Å²) in [4.78, 5) is 11.5. The average molecular weight is 353 g/mol. The molecule has 0 aliphatic heterocycles. The molecule has 25 heavy (non-hydrogen) atoms. The van der Waals surface area contributed by atoms with Crippen molar-refractivity contribution in [3.63, 3.8) is 0 Å². The van der Waals surface area contributed by atoms with Gasteiger partial charge in [-0.2, -0.15) is 0 Å². The summed E-state index contributed by atoms with van der Waals surface area (Å²) < 4.78 is 7.49. The molecule has 0 aliphatic rings. The van der Waals surface area contributed by atoms with E-state index < -0.39 is 0 Å². The van der Waals surface area contributed by atoms with E-state index in [9.17, 15) is 0 Å². The molecule has 0 amide bonds. The summed E-state index contributed by atoms with van der Waals surface area (Å²) in [5, 5.41) is 3.28. The molecule has 0 spiro atoms. The highest BCUT2D eigenvalue weighted by atomic mass is 32.1. The number of aromatic nitrogens is 3. The minimum Gasteiger partial charge on any atom is -0.497 e. The molecule has 1 aromatic carbocycles. The van der Waals surface area contributed by atoms with E-state index in [0.29, 0.717) is 13.1 Å². The van der Waals surface area contributed by atoms with Crippen molar-refractivity contribution >= 4 is 33.1 Å². The molecular weight excluding hydrogens is 334 g/mol. The summed E-state index contributed by atoms with van der Waals surface area (Å²) >= 11 is 1.70. The molecule has 0 saturated carbocycles. The molecular formula is C18H19N5OS. The summed E-state index contributed by atoms with van der Waals surface area (Å²) in [5.41, 5.74) is 9.59. The summed E-state index contributed by atoms with van der Waals surface area (Å²) in [6.45, 7) is 3.26. The number of fused-ring (bicyclic) bond motifs is 3. The number of nitrogens with two attached hydrogens (primary N) is 1. The van der Waals surface area contributed by atoms with Gasteiger partial charge in [0.2, 0.25) is 0 Å². The van der Waals surface area contributed by atoms with Gasteiger partial charge in [-0.25, -0.2) is 9.97 Å². The highest BCUT2D eigenvalue weighted by Crippen LogP contribution is 2.36. The lowest BCUT2D eigenvalue weighted by Gasteiger charge is -2.07. The van der Waals surface area contributed by atoms with Gasteiger partial charge in [-0.1, -0.05) is 12.1 Å². The maximum absolute atomic E-state index is 5.62. The Bertz CT molecular complexity index is 1050. The van der Waals surface area contributed by atoms with Crippen LogP contribution in [0.3, 0.4) is 0 Å². The predicted molar refractivity (Wildman–Crippen MR) is 103 cm³/mol. The SMILES string of the molecule is COc1cccc(-c2cc3nc(NCCN)c4ncc(C)n4c3s2)c1. The number of nitrogens with one attached hydrogen (secondary N) is 1. The molecule has 3 aromatic heterocycles. The van der Waals surface area contributed by atoms with Crippen molar-refractivity contribution in [3.8, 4) is 16.2 Å². The summed E-state index contributed by atoms with van der Waals surface area (Å²) in [5.74, 6) is 1.61. The van der Waals surface area contributed by atoms with Crippen molar-refractivity contribution in [2.24, 2.45) is 5.73 Å². The van der Waals surface area contributed by atoms with Crippen molar-refractivity contribution in [2.75, 3.05) is 25.5 Å². The normalized spacial score (nSPS) is 11.3. The molecule has 0 aliphatic carbocycles. The quantitative estimate of drug-likeness (QED) is 0.576. The summed E-state index contributed by atoms with van der Waals surface area (Å²) in [6.07, 6.45) is 1.87. The van der Waals surface area contributed by atoms with E-state index in [2.05, 4.69) is 33.8 Å². The molecule has 4 aromatic rings. The molecule has 3 heterocycles. The number of thiophene rings is 1. The van der Waals surface area contributed by atoms with Gasteiger partial charge in [0, 0.05) is 29.9 Å². The lowest BCUT2D eigenvalue weighted by molar-refractivity contribution is 0.415. The van der Waals surface area contributed by atoms with Gasteiger partial charge in [0.05, 0.1) is 7.11 Å². The van der Waals surface area contributed by atoms with Gasteiger partial charge < -0.3 is 15.8 Å². The van der Waals surface area contributed by atoms with Crippen LogP contribution in [0, 0.1) is 6.92 Å². The zero-order valence-corrected chi connectivity index (χ0v) is 14.9. The number of aryl methyl sites for hydroxylation is 1. The first-order chi connectivity index (χ1) is 12.2. The second kappa shape index (κ2) is 6.34. The highest BCUT2D eigenvalue weighted by molar-refractivity contribution is 7.21. The standard InChI is InChI=1S/C18H19N5OS/c1-11-10-21-17-16(20-7-6-19)22-14-9-15(25-18(14)23(11)17)12-4-3-5-13(8-12)24-2/h3-5,8-10H,6-7,19H2,1-2H3,(H,20,22). The van der Waals surface area contributed by atoms with Crippen molar-refractivity contribution in [3.05, 3.63) is 42.2 Å². The summed E-state index contributed by atoms with van der Waals surface area (Å²) in [6, 6.07) is 10.2. The molecule has 128 valence electrons. The predicted octanol–water partition coefficient (Wildman–Crippen LogP) is 3.30. The van der Waals surface area contributed by atoms with Crippen molar-refractivity contribution in [2.45, 2.75) is 6.92 Å². The number of benzene rings is 1. The van der Waals surface area contributed by atoms with Gasteiger partial charge >= 0.3 is 0 Å². The van der Waals surface area contributed by atoms with Crippen LogP contribution in [-0.2, 0) is 0 Å². The van der Waals surface area contributed by atoms with E-state index in [1.807, 2.05) is 24.4 Å². The van der Waals surface area contributed by atoms with Crippen LogP contribution in [0.5, 0.6) is 5.75 Å². The zero-order valence-electron chi connectivity index (χ0n) is 14.1. The Hall–Kier alpha value is -2.64. The van der Waals surface area contributed by atoms with Crippen LogP contribution in [0.25, 0.3) is 26.4 Å². The van der Waals surface area contributed by atoms with Gasteiger partial charge in [-0.05, 0) is 30.7 Å². The van der Waals surface area contributed by atoms with Crippen LogP contribution in [-0.4, -0.2) is 34.6 Å². The number of anilines is 1. The van der Waals surface area contributed by atoms with Crippen LogP contribution in [0.4, 0.5) is 5.82 Å². The zero-order chi connectivity index (χ0) is 17.4. The van der Waals surface area contributed by atoms with Crippen LogP contribution >= 0.6 is 11.3 Å². The molecule has 6 nitrogen and oxygen atoms in total. The molecule has 0 saturated heterocycles. The van der Waals surface area contributed by atoms with Crippen molar-refractivity contribution < 1.29 is 4.74 Å². The second-order valence-electron chi connectivity index (χ2n) is 5.77. The third-order valence-electron chi connectivity index (χ3n) is 4.07. The molecule has 3 N–H and O–H groups in total. The lowest BCUT2D eigenvalue weighted by Crippen LogP contribution is -2.14. The molecule has 0 radical (unpaired) electrons. The largest absolute Gasteiger partial charge is 0.497 e. The number of hydrogen-bond donors (Lipinski definition) is 2. The first-order valence-corrected chi connectivity index (χ1v) is 8.89. The number of hydrogen-bond acceptors (Lipinski definition) is 6. The molecule has 0 unspecified atom stereocenters. The third kappa shape index (κ3) is 2.71. The van der Waals surface area contributed by atoms with E-state index in [1.54, 1.807) is 18.4 Å². The van der Waals surface area contributed by atoms with E-state index in [0.717, 1.165) is 43.7 Å². The fourth-order valence-corrected chi connectivity index (χ4v) is 4.03. The van der Waals surface area contributed by atoms with Crippen LogP contribution in [0.1, 0.15) is 5.69 Å². The maximum Gasteiger partial charge on any atom is 0.181 e. The minimum absolute atomic E-state index is 0.546. The second-order valence-corrected chi connectivity index (χ2v) is 6.80. The first-order valence-electron chi connectivity index (χ1n) is 8.07. The first kappa shape index (κ1) is 15.9. The molecule has 0 fully saturated rings. The van der Waals surface area contributed by atoms with Crippen LogP contribution < -0.4 is 15.8 Å². The van der Waals surface area contributed by atoms with E-state index in [-0.39, 0.29) is 0 Å². The van der Waals surface area contributed by atoms with Gasteiger partial charge in [0.25, 0.3) is 0 Å². The van der Waals surface area contributed by atoms with Gasteiger partial charge in [-0.3, -0.25) is 4.40 Å². The molecule has 4 rings (SSSR count). The van der Waals surface area contributed by atoms with Crippen molar-refractivity contribution in [1.29, 1.82) is 0 Å². The minimum atomic E-state index is 0.546. The third-order valence-corrected chi connectivity index (χ3v) is 5.23. The number of rotatable bonds is 5. The monoisotopic (exact) mass is 353 g/mol. The van der Waals surface area contributed by atoms with Gasteiger partial charge in [0.15, 0.2) is 11.5 Å². The number of methoxy groups -OCH3 is 1. The lowest BCUT2D eigenvalue weighted by atomic mass is 10.2. The van der Waals surface area contributed by atoms with Gasteiger partial charge in [0.1, 0.15) is 16.1 Å². The topological polar surface area (TPSA) is 77.5 Å².